The van der Waals surface area contributed by atoms with E-state index in [4.69, 9.17) is 5.11 Å². The Hall–Kier alpha value is -2.71. The SMILES string of the molecule is C[N+](C)=C1C=CC2=C(C#N)C3=CC4CCCN(CCCC(=O)O)C4C=C3C(C)(C)C2=C1. The number of aliphatic carboxylic acids is 1. The normalized spacial score (nSPS) is 26.7. The Balaban J connectivity index is 1.78. The summed E-state index contributed by atoms with van der Waals surface area (Å²) in [5.41, 5.74) is 6.30. The number of carboxylic acids is 1. The third kappa shape index (κ3) is 3.74. The molecule has 4 aliphatic rings. The molecule has 2 atom stereocenters. The summed E-state index contributed by atoms with van der Waals surface area (Å²) in [6, 6.07) is 2.79. The van der Waals surface area contributed by atoms with E-state index >= 15 is 0 Å². The van der Waals surface area contributed by atoms with Gasteiger partial charge >= 0.3 is 5.97 Å². The van der Waals surface area contributed by atoms with Crippen LogP contribution in [0.25, 0.3) is 0 Å². The lowest BCUT2D eigenvalue weighted by atomic mass is 9.60. The van der Waals surface area contributed by atoms with Crippen LogP contribution in [-0.4, -0.2) is 59.5 Å². The van der Waals surface area contributed by atoms with Gasteiger partial charge in [0.15, 0.2) is 5.71 Å². The number of carbonyl (C=O) groups is 1. The number of fused-ring (bicyclic) bond motifs is 3. The van der Waals surface area contributed by atoms with Crippen molar-refractivity contribution in [2.45, 2.75) is 45.6 Å². The highest BCUT2D eigenvalue weighted by Gasteiger charge is 2.44. The Labute approximate surface area is 185 Å². The smallest absolute Gasteiger partial charge is 0.303 e. The lowest BCUT2D eigenvalue weighted by Crippen LogP contribution is -2.46. The fourth-order valence-corrected chi connectivity index (χ4v) is 5.51. The van der Waals surface area contributed by atoms with Crippen LogP contribution in [0.5, 0.6) is 0 Å². The van der Waals surface area contributed by atoms with Gasteiger partial charge in [-0.2, -0.15) is 5.26 Å². The molecule has 3 aliphatic carbocycles. The van der Waals surface area contributed by atoms with Crippen molar-refractivity contribution in [3.05, 3.63) is 58.2 Å². The van der Waals surface area contributed by atoms with Gasteiger partial charge in [0.2, 0.25) is 0 Å². The maximum Gasteiger partial charge on any atom is 0.303 e. The van der Waals surface area contributed by atoms with E-state index in [1.54, 1.807) is 0 Å². The summed E-state index contributed by atoms with van der Waals surface area (Å²) in [4.78, 5) is 13.4. The second kappa shape index (κ2) is 8.09. The van der Waals surface area contributed by atoms with Crippen LogP contribution in [0.3, 0.4) is 0 Å². The predicted octanol–water partition coefficient (Wildman–Crippen LogP) is 3.87. The summed E-state index contributed by atoms with van der Waals surface area (Å²) >= 11 is 0. The van der Waals surface area contributed by atoms with Gasteiger partial charge in [0.1, 0.15) is 20.2 Å². The van der Waals surface area contributed by atoms with Gasteiger partial charge in [-0.15, -0.1) is 0 Å². The third-order valence-electron chi connectivity index (χ3n) is 7.20. The molecule has 0 amide bonds. The Bertz CT molecular complexity index is 1040. The first-order valence-electron chi connectivity index (χ1n) is 11.2. The van der Waals surface area contributed by atoms with E-state index < -0.39 is 5.97 Å². The fraction of sp³-hybridized carbons (Fsp3) is 0.500. The first-order chi connectivity index (χ1) is 14.7. The Morgan fingerprint density at radius 1 is 1.29 bits per heavy atom. The van der Waals surface area contributed by atoms with Gasteiger partial charge in [-0.3, -0.25) is 9.69 Å². The predicted molar refractivity (Wildman–Crippen MR) is 122 cm³/mol. The van der Waals surface area contributed by atoms with E-state index in [0.717, 1.165) is 48.4 Å². The number of hydrogen-bond donors (Lipinski definition) is 1. The average Bonchev–Trinajstić information content (AvgIpc) is 2.73. The summed E-state index contributed by atoms with van der Waals surface area (Å²) in [5.74, 6) is -0.355. The Kier molecular flexibility index (Phi) is 5.61. The van der Waals surface area contributed by atoms with Crippen molar-refractivity contribution in [1.29, 1.82) is 5.26 Å². The van der Waals surface area contributed by atoms with E-state index in [9.17, 15) is 10.1 Å². The van der Waals surface area contributed by atoms with Gasteiger partial charge in [0.25, 0.3) is 0 Å². The van der Waals surface area contributed by atoms with Gasteiger partial charge in [-0.05, 0) is 66.6 Å². The standard InChI is InChI=1S/C26H31N3O2/c1-26(2)22-14-18(28(3)4)9-10-19(22)21(16-27)20-13-17-7-5-11-29(12-6-8-25(30)31)24(17)15-23(20)26/h9-10,13-15,17,24H,5-8,11-12H2,1-4H3/p+1. The van der Waals surface area contributed by atoms with Crippen molar-refractivity contribution in [3.63, 3.8) is 0 Å². The molecule has 5 nitrogen and oxygen atoms in total. The molecule has 162 valence electrons. The summed E-state index contributed by atoms with van der Waals surface area (Å²) in [6.45, 7) is 6.33. The molecule has 2 unspecified atom stereocenters. The van der Waals surface area contributed by atoms with E-state index in [2.05, 4.69) is 59.8 Å². The molecule has 0 radical (unpaired) electrons. The molecule has 0 spiro atoms. The number of rotatable bonds is 4. The molecule has 4 rings (SSSR count). The van der Waals surface area contributed by atoms with Crippen LogP contribution < -0.4 is 0 Å². The maximum atomic E-state index is 11.0. The zero-order chi connectivity index (χ0) is 22.3. The molecule has 0 aromatic heterocycles. The summed E-state index contributed by atoms with van der Waals surface area (Å²) in [7, 11) is 4.08. The number of nitriles is 1. The number of nitrogens with zero attached hydrogens (tertiary/aromatic N) is 3. The van der Waals surface area contributed by atoms with Crippen LogP contribution in [0, 0.1) is 22.7 Å². The van der Waals surface area contributed by atoms with Crippen LogP contribution in [0.4, 0.5) is 0 Å². The van der Waals surface area contributed by atoms with Crippen molar-refractivity contribution in [3.8, 4) is 6.07 Å². The largest absolute Gasteiger partial charge is 0.481 e. The molecule has 1 aliphatic heterocycles. The number of likely N-dealkylation sites (tertiary alicyclic amines) is 1. The Morgan fingerprint density at radius 2 is 2.06 bits per heavy atom. The van der Waals surface area contributed by atoms with Gasteiger partial charge in [-0.25, -0.2) is 4.58 Å². The number of carboxylic acid groups (broad SMARTS) is 1. The lowest BCUT2D eigenvalue weighted by molar-refractivity contribution is -0.462. The Morgan fingerprint density at radius 3 is 2.74 bits per heavy atom. The molecule has 31 heavy (non-hydrogen) atoms. The van der Waals surface area contributed by atoms with Crippen LogP contribution in [0.2, 0.25) is 0 Å². The van der Waals surface area contributed by atoms with Gasteiger partial charge in [0, 0.05) is 30.0 Å². The first-order valence-corrected chi connectivity index (χ1v) is 11.2. The molecular formula is C26H32N3O2+. The molecule has 1 N–H and O–H groups in total. The van der Waals surface area contributed by atoms with Gasteiger partial charge in [-0.1, -0.05) is 26.0 Å². The topological polar surface area (TPSA) is 67.3 Å². The van der Waals surface area contributed by atoms with Gasteiger partial charge < -0.3 is 5.11 Å². The number of hydrogen-bond acceptors (Lipinski definition) is 3. The molecule has 1 heterocycles. The average molecular weight is 419 g/mol. The molecule has 0 aromatic rings. The van der Waals surface area contributed by atoms with Crippen molar-refractivity contribution >= 4 is 11.7 Å². The van der Waals surface area contributed by atoms with Crippen molar-refractivity contribution < 1.29 is 14.5 Å². The lowest BCUT2D eigenvalue weighted by Gasteiger charge is -2.46. The summed E-state index contributed by atoms with van der Waals surface area (Å²) in [6.07, 6.45) is 14.3. The maximum absolute atomic E-state index is 11.0. The van der Waals surface area contributed by atoms with Crippen molar-refractivity contribution in [2.75, 3.05) is 27.2 Å². The highest BCUT2D eigenvalue weighted by atomic mass is 16.4. The summed E-state index contributed by atoms with van der Waals surface area (Å²) in [5, 5.41) is 19.1. The van der Waals surface area contributed by atoms with Crippen LogP contribution in [-0.2, 0) is 4.79 Å². The van der Waals surface area contributed by atoms with E-state index in [0.29, 0.717) is 12.3 Å². The molecule has 0 saturated carbocycles. The van der Waals surface area contributed by atoms with Crippen LogP contribution in [0.15, 0.2) is 58.2 Å². The zero-order valence-electron chi connectivity index (χ0n) is 19.0. The minimum absolute atomic E-state index is 0.206. The molecule has 0 aromatic carbocycles. The second-order valence-corrected chi connectivity index (χ2v) is 9.73. The highest BCUT2D eigenvalue weighted by molar-refractivity contribution is 6.04. The van der Waals surface area contributed by atoms with Crippen molar-refractivity contribution in [1.82, 2.24) is 4.90 Å². The van der Waals surface area contributed by atoms with Crippen LogP contribution in [0.1, 0.15) is 39.5 Å². The quantitative estimate of drug-likeness (QED) is 0.704. The van der Waals surface area contributed by atoms with E-state index in [1.807, 2.05) is 14.1 Å². The fourth-order valence-electron chi connectivity index (χ4n) is 5.51. The number of allylic oxidation sites excluding steroid dienone is 8. The highest BCUT2D eigenvalue weighted by Crippen LogP contribution is 2.53. The zero-order valence-corrected chi connectivity index (χ0v) is 19.0. The molecule has 5 heteroatoms. The van der Waals surface area contributed by atoms with Crippen molar-refractivity contribution in [2.24, 2.45) is 11.3 Å². The van der Waals surface area contributed by atoms with Gasteiger partial charge in [0.05, 0.1) is 5.57 Å². The van der Waals surface area contributed by atoms with E-state index in [-0.39, 0.29) is 17.9 Å². The molecular weight excluding hydrogens is 386 g/mol. The molecule has 0 bridgehead atoms. The summed E-state index contributed by atoms with van der Waals surface area (Å²) < 4.78 is 2.10. The monoisotopic (exact) mass is 418 g/mol. The number of piperidine rings is 1. The third-order valence-corrected chi connectivity index (χ3v) is 7.20. The molecule has 1 saturated heterocycles. The second-order valence-electron chi connectivity index (χ2n) is 9.73. The van der Waals surface area contributed by atoms with E-state index in [1.165, 1.54) is 11.1 Å². The minimum atomic E-state index is -0.729. The minimum Gasteiger partial charge on any atom is -0.481 e. The van der Waals surface area contributed by atoms with Crippen LogP contribution >= 0.6 is 0 Å². The first kappa shape index (κ1) is 21.5. The molecule has 1 fully saturated rings.